The van der Waals surface area contributed by atoms with Crippen LogP contribution < -0.4 is 4.90 Å². The van der Waals surface area contributed by atoms with Gasteiger partial charge in [0, 0.05) is 24.3 Å². The summed E-state index contributed by atoms with van der Waals surface area (Å²) < 4.78 is 6.98. The molecular formula is C33H47N3O5. The third-order valence-electron chi connectivity index (χ3n) is 9.47. The fourth-order valence-corrected chi connectivity index (χ4v) is 7.49. The predicted octanol–water partition coefficient (Wildman–Crippen LogP) is 4.19. The number of nitrogens with zero attached hydrogens (tertiary/aromatic N) is 3. The first-order valence-electron chi connectivity index (χ1n) is 14.9. The highest BCUT2D eigenvalue weighted by Crippen LogP contribution is 2.65. The summed E-state index contributed by atoms with van der Waals surface area (Å²) in [5.74, 6) is -2.46. The molecule has 3 aliphatic heterocycles. The molecular weight excluding hydrogens is 518 g/mol. The third-order valence-corrected chi connectivity index (χ3v) is 9.47. The number of fused-ring (bicyclic) bond motifs is 1. The maximum Gasteiger partial charge on any atom is 0.249 e. The van der Waals surface area contributed by atoms with Crippen molar-refractivity contribution < 1.29 is 24.2 Å². The maximum absolute atomic E-state index is 14.7. The Labute approximate surface area is 245 Å². The summed E-state index contributed by atoms with van der Waals surface area (Å²) in [5.41, 5.74) is -1.87. The van der Waals surface area contributed by atoms with E-state index in [0.29, 0.717) is 25.8 Å². The number of rotatable bonds is 11. The molecule has 3 amide bonds. The highest BCUT2D eigenvalue weighted by molar-refractivity contribution is 6.03. The number of benzene rings is 1. The fraction of sp³-hybridized carbons (Fsp3) is 0.606. The molecule has 0 saturated carbocycles. The number of carbonyl (C=O) groups is 3. The largest absolute Gasteiger partial charge is 0.394 e. The number of likely N-dealkylation sites (tertiary alicyclic amines) is 1. The second-order valence-electron chi connectivity index (χ2n) is 13.1. The van der Waals surface area contributed by atoms with Crippen LogP contribution >= 0.6 is 0 Å². The van der Waals surface area contributed by atoms with Crippen LogP contribution in [0.5, 0.6) is 0 Å². The Hall–Kier alpha value is -2.97. The van der Waals surface area contributed by atoms with Gasteiger partial charge in [-0.3, -0.25) is 14.4 Å². The quantitative estimate of drug-likeness (QED) is 0.407. The van der Waals surface area contributed by atoms with Crippen molar-refractivity contribution in [3.05, 3.63) is 55.6 Å². The van der Waals surface area contributed by atoms with Crippen molar-refractivity contribution in [2.75, 3.05) is 24.6 Å². The van der Waals surface area contributed by atoms with Crippen molar-refractivity contribution in [2.45, 2.75) is 89.6 Å². The molecule has 3 saturated heterocycles. The minimum atomic E-state index is -1.17. The summed E-state index contributed by atoms with van der Waals surface area (Å²) in [7, 11) is 0. The van der Waals surface area contributed by atoms with Gasteiger partial charge in [0.1, 0.15) is 11.6 Å². The van der Waals surface area contributed by atoms with E-state index in [1.54, 1.807) is 26.9 Å². The molecule has 1 aromatic carbocycles. The zero-order valence-corrected chi connectivity index (χ0v) is 25.5. The molecule has 2 bridgehead atoms. The number of aliphatic hydroxyl groups is 1. The van der Waals surface area contributed by atoms with Gasteiger partial charge in [0.05, 0.1) is 30.1 Å². The molecule has 3 aliphatic rings. The number of hydrogen-bond acceptors (Lipinski definition) is 5. The second-order valence-corrected chi connectivity index (χ2v) is 13.1. The molecule has 224 valence electrons. The molecule has 0 radical (unpaired) electrons. The first kappa shape index (κ1) is 31.0. The van der Waals surface area contributed by atoms with Gasteiger partial charge >= 0.3 is 0 Å². The van der Waals surface area contributed by atoms with E-state index in [1.165, 1.54) is 0 Å². The van der Waals surface area contributed by atoms with Crippen molar-refractivity contribution in [3.8, 4) is 0 Å². The van der Waals surface area contributed by atoms with Crippen LogP contribution in [0.4, 0.5) is 5.69 Å². The summed E-state index contributed by atoms with van der Waals surface area (Å²) in [6.45, 7) is 19.8. The van der Waals surface area contributed by atoms with Crippen molar-refractivity contribution in [1.29, 1.82) is 0 Å². The molecule has 1 N–H and O–H groups in total. The van der Waals surface area contributed by atoms with Crippen LogP contribution in [-0.2, 0) is 19.1 Å². The van der Waals surface area contributed by atoms with Crippen LogP contribution in [0.15, 0.2) is 55.6 Å². The second kappa shape index (κ2) is 11.4. The van der Waals surface area contributed by atoms with E-state index >= 15 is 0 Å². The van der Waals surface area contributed by atoms with E-state index in [-0.39, 0.29) is 36.8 Å². The number of ether oxygens (including phenoxy) is 1. The molecule has 8 nitrogen and oxygen atoms in total. The van der Waals surface area contributed by atoms with Crippen molar-refractivity contribution in [1.82, 2.24) is 9.80 Å². The van der Waals surface area contributed by atoms with E-state index < -0.39 is 40.7 Å². The number of hydrogen-bond donors (Lipinski definition) is 1. The molecule has 41 heavy (non-hydrogen) atoms. The van der Waals surface area contributed by atoms with Crippen LogP contribution in [0.1, 0.15) is 60.8 Å². The Balaban J connectivity index is 1.90. The van der Waals surface area contributed by atoms with Gasteiger partial charge in [0.15, 0.2) is 0 Å². The Morgan fingerprint density at radius 2 is 1.76 bits per heavy atom. The van der Waals surface area contributed by atoms with Gasteiger partial charge in [0.2, 0.25) is 17.7 Å². The number of carbonyl (C=O) groups excluding carboxylic acids is 3. The highest BCUT2D eigenvalue weighted by Gasteiger charge is 2.79. The van der Waals surface area contributed by atoms with Crippen LogP contribution in [0.3, 0.4) is 0 Å². The minimum absolute atomic E-state index is 0.120. The average Bonchev–Trinajstić information content (AvgIpc) is 3.53. The number of amides is 3. The Morgan fingerprint density at radius 3 is 2.27 bits per heavy atom. The summed E-state index contributed by atoms with van der Waals surface area (Å²) in [5, 5.41) is 10.5. The summed E-state index contributed by atoms with van der Waals surface area (Å²) >= 11 is 0. The molecule has 4 rings (SSSR count). The average molecular weight is 566 g/mol. The topological polar surface area (TPSA) is 90.4 Å². The fourth-order valence-electron chi connectivity index (χ4n) is 7.49. The van der Waals surface area contributed by atoms with E-state index in [0.717, 1.165) is 5.69 Å². The minimum Gasteiger partial charge on any atom is -0.394 e. The van der Waals surface area contributed by atoms with E-state index in [4.69, 9.17) is 4.74 Å². The molecule has 6 atom stereocenters. The van der Waals surface area contributed by atoms with E-state index in [9.17, 15) is 19.5 Å². The summed E-state index contributed by atoms with van der Waals surface area (Å²) in [4.78, 5) is 48.9. The van der Waals surface area contributed by atoms with Gasteiger partial charge in [-0.15, -0.1) is 13.2 Å². The van der Waals surface area contributed by atoms with E-state index in [1.807, 2.05) is 71.9 Å². The first-order valence-corrected chi connectivity index (χ1v) is 14.9. The van der Waals surface area contributed by atoms with Crippen molar-refractivity contribution >= 4 is 23.4 Å². The smallest absolute Gasteiger partial charge is 0.249 e. The van der Waals surface area contributed by atoms with Crippen LogP contribution in [0, 0.1) is 17.8 Å². The van der Waals surface area contributed by atoms with Gasteiger partial charge in [0.25, 0.3) is 0 Å². The SMILES string of the molecule is C=CCN(C(=O)[C@@H]1[C@H]2C(=O)N([C@@H](CO)C(C)C)C(C(=O)N(CC=C)C(C)(C)C)C23CC[C@@]1(CC)O3)c1ccccc1. The van der Waals surface area contributed by atoms with Crippen molar-refractivity contribution in [2.24, 2.45) is 17.8 Å². The summed E-state index contributed by atoms with van der Waals surface area (Å²) in [6.07, 6.45) is 4.96. The Morgan fingerprint density at radius 1 is 1.12 bits per heavy atom. The molecule has 8 heteroatoms. The zero-order chi connectivity index (χ0) is 30.3. The molecule has 0 aliphatic carbocycles. The number of aliphatic hydroxyl groups excluding tert-OH is 1. The predicted molar refractivity (Wildman–Crippen MR) is 160 cm³/mol. The molecule has 3 heterocycles. The normalized spacial score (nSPS) is 29.4. The lowest BCUT2D eigenvalue weighted by molar-refractivity contribution is -0.159. The summed E-state index contributed by atoms with van der Waals surface area (Å²) in [6, 6.07) is 7.82. The molecule has 3 fully saturated rings. The van der Waals surface area contributed by atoms with Gasteiger partial charge in [-0.2, -0.15) is 0 Å². The Kier molecular flexibility index (Phi) is 8.59. The first-order chi connectivity index (χ1) is 19.3. The lowest BCUT2D eigenvalue weighted by Crippen LogP contribution is -2.62. The standard InChI is InChI=1S/C33H47N3O5/c1-9-19-34(23-15-13-12-14-16-23)28(38)25-26-29(39)36(24(21-37)22(4)5)27(30(40)35(20-10-2)31(6,7)8)33(26)18-17-32(25,11-3)41-33/h9-10,12-16,22,24-27,37H,1-2,11,17-21H2,3-8H3/t24-,25-,26-,27?,32+,33?/m0/s1. The van der Waals surface area contributed by atoms with E-state index in [2.05, 4.69) is 13.2 Å². The van der Waals surface area contributed by atoms with Gasteiger partial charge < -0.3 is 24.5 Å². The van der Waals surface area contributed by atoms with Crippen LogP contribution in [0.2, 0.25) is 0 Å². The van der Waals surface area contributed by atoms with Gasteiger partial charge in [-0.1, -0.05) is 51.1 Å². The number of anilines is 1. The maximum atomic E-state index is 14.7. The zero-order valence-electron chi connectivity index (χ0n) is 25.5. The molecule has 1 spiro atoms. The molecule has 2 unspecified atom stereocenters. The number of para-hydroxylation sites is 1. The van der Waals surface area contributed by atoms with Crippen LogP contribution in [-0.4, -0.2) is 81.1 Å². The lowest BCUT2D eigenvalue weighted by Gasteiger charge is -2.44. The van der Waals surface area contributed by atoms with Gasteiger partial charge in [-0.25, -0.2) is 0 Å². The molecule has 0 aromatic heterocycles. The molecule has 1 aromatic rings. The van der Waals surface area contributed by atoms with Crippen molar-refractivity contribution in [3.63, 3.8) is 0 Å². The van der Waals surface area contributed by atoms with Gasteiger partial charge in [-0.05, 0) is 58.1 Å². The highest BCUT2D eigenvalue weighted by atomic mass is 16.5. The Bertz CT molecular complexity index is 1180. The third kappa shape index (κ3) is 4.83. The van der Waals surface area contributed by atoms with Crippen LogP contribution in [0.25, 0.3) is 0 Å². The lowest BCUT2D eigenvalue weighted by atomic mass is 9.64. The monoisotopic (exact) mass is 565 g/mol.